The van der Waals surface area contributed by atoms with Gasteiger partial charge in [0.05, 0.1) is 24.3 Å². The Kier molecular flexibility index (Phi) is 5.08. The van der Waals surface area contributed by atoms with Crippen LogP contribution < -0.4 is 9.46 Å². The van der Waals surface area contributed by atoms with Crippen LogP contribution in [0.25, 0.3) is 0 Å². The third-order valence-corrected chi connectivity index (χ3v) is 8.05. The van der Waals surface area contributed by atoms with Crippen LogP contribution in [0.5, 0.6) is 5.75 Å². The Bertz CT molecular complexity index is 1270. The van der Waals surface area contributed by atoms with E-state index in [1.54, 1.807) is 11.0 Å². The molecule has 8 nitrogen and oxygen atoms in total. The lowest BCUT2D eigenvalue weighted by molar-refractivity contribution is -0.133. The first kappa shape index (κ1) is 21.7. The number of hydrogen-bond acceptors (Lipinski definition) is 6. The SMILES string of the molecule is COC(=O)c1c(NS(=O)(=O)c2ccc(F)cc2C2CN(C(C)=O)C2)ccc2c1OCC1CC21. The maximum atomic E-state index is 14.0. The summed E-state index contributed by atoms with van der Waals surface area (Å²) >= 11 is 0. The van der Waals surface area contributed by atoms with E-state index in [0.717, 1.165) is 18.1 Å². The Labute approximate surface area is 190 Å². The predicted molar refractivity (Wildman–Crippen MR) is 116 cm³/mol. The molecule has 0 aromatic heterocycles. The minimum Gasteiger partial charge on any atom is -0.492 e. The summed E-state index contributed by atoms with van der Waals surface area (Å²) in [5, 5.41) is 0. The number of nitrogens with zero attached hydrogens (tertiary/aromatic N) is 1. The highest BCUT2D eigenvalue weighted by Gasteiger charge is 2.45. The van der Waals surface area contributed by atoms with Gasteiger partial charge in [0.25, 0.3) is 10.0 Å². The third kappa shape index (κ3) is 3.72. The van der Waals surface area contributed by atoms with E-state index in [9.17, 15) is 22.4 Å². The van der Waals surface area contributed by atoms with E-state index < -0.39 is 21.8 Å². The molecule has 174 valence electrons. The summed E-state index contributed by atoms with van der Waals surface area (Å²) in [6, 6.07) is 6.76. The fourth-order valence-corrected chi connectivity index (χ4v) is 6.01. The van der Waals surface area contributed by atoms with Crippen LogP contribution in [-0.4, -0.2) is 52.0 Å². The fraction of sp³-hybridized carbons (Fsp3) is 0.391. The molecule has 2 fully saturated rings. The first-order valence-electron chi connectivity index (χ1n) is 10.7. The smallest absolute Gasteiger partial charge is 0.343 e. The number of rotatable bonds is 5. The molecular formula is C23H23FN2O6S. The van der Waals surface area contributed by atoms with Crippen LogP contribution in [0.2, 0.25) is 0 Å². The van der Waals surface area contributed by atoms with Gasteiger partial charge in [-0.05, 0) is 47.7 Å². The van der Waals surface area contributed by atoms with Gasteiger partial charge in [0.1, 0.15) is 17.1 Å². The Morgan fingerprint density at radius 3 is 2.64 bits per heavy atom. The molecule has 2 atom stereocenters. The molecule has 2 aliphatic heterocycles. The topological polar surface area (TPSA) is 102 Å². The van der Waals surface area contributed by atoms with Gasteiger partial charge >= 0.3 is 5.97 Å². The Hall–Kier alpha value is -3.14. The van der Waals surface area contributed by atoms with Gasteiger partial charge in [0, 0.05) is 31.8 Å². The van der Waals surface area contributed by atoms with E-state index in [1.807, 2.05) is 0 Å². The van der Waals surface area contributed by atoms with Crippen molar-refractivity contribution in [2.45, 2.75) is 30.1 Å². The first-order chi connectivity index (χ1) is 15.7. The number of halogens is 1. The number of esters is 1. The summed E-state index contributed by atoms with van der Waals surface area (Å²) in [5.41, 5.74) is 1.22. The number of anilines is 1. The second-order valence-electron chi connectivity index (χ2n) is 8.72. The summed E-state index contributed by atoms with van der Waals surface area (Å²) < 4.78 is 54.0. The number of ether oxygens (including phenoxy) is 2. The van der Waals surface area contributed by atoms with Crippen LogP contribution in [0.1, 0.15) is 46.7 Å². The van der Waals surface area contributed by atoms with Gasteiger partial charge < -0.3 is 14.4 Å². The van der Waals surface area contributed by atoms with Gasteiger partial charge in [0.2, 0.25) is 5.91 Å². The molecular weight excluding hydrogens is 451 g/mol. The number of likely N-dealkylation sites (tertiary alicyclic amines) is 1. The maximum absolute atomic E-state index is 14.0. The van der Waals surface area contributed by atoms with Crippen molar-refractivity contribution < 1.29 is 31.9 Å². The predicted octanol–water partition coefficient (Wildman–Crippen LogP) is 2.85. The summed E-state index contributed by atoms with van der Waals surface area (Å²) in [6.07, 6.45) is 0.969. The van der Waals surface area contributed by atoms with Gasteiger partial charge in [-0.1, -0.05) is 6.07 Å². The Morgan fingerprint density at radius 2 is 1.94 bits per heavy atom. The van der Waals surface area contributed by atoms with Crippen molar-refractivity contribution >= 4 is 27.6 Å². The average molecular weight is 475 g/mol. The summed E-state index contributed by atoms with van der Waals surface area (Å²) in [5.74, 6) is -0.648. The molecule has 0 radical (unpaired) electrons. The third-order valence-electron chi connectivity index (χ3n) is 6.61. The number of nitrogens with one attached hydrogen (secondary N) is 1. The first-order valence-corrected chi connectivity index (χ1v) is 12.1. The van der Waals surface area contributed by atoms with Crippen LogP contribution >= 0.6 is 0 Å². The molecule has 10 heteroatoms. The van der Waals surface area contributed by atoms with Gasteiger partial charge in [-0.25, -0.2) is 17.6 Å². The van der Waals surface area contributed by atoms with Crippen LogP contribution in [0.4, 0.5) is 10.1 Å². The molecule has 1 N–H and O–H groups in total. The quantitative estimate of drug-likeness (QED) is 0.669. The molecule has 33 heavy (non-hydrogen) atoms. The average Bonchev–Trinajstić information content (AvgIpc) is 3.51. The zero-order valence-electron chi connectivity index (χ0n) is 18.1. The van der Waals surface area contributed by atoms with Gasteiger partial charge in [-0.3, -0.25) is 9.52 Å². The molecule has 1 amide bonds. The number of hydrogen-bond donors (Lipinski definition) is 1. The molecule has 0 bridgehead atoms. The van der Waals surface area contributed by atoms with Crippen LogP contribution in [0.3, 0.4) is 0 Å². The van der Waals surface area contributed by atoms with Crippen molar-refractivity contribution in [3.05, 3.63) is 52.8 Å². The monoisotopic (exact) mass is 474 g/mol. The summed E-state index contributed by atoms with van der Waals surface area (Å²) in [4.78, 5) is 25.6. The van der Waals surface area contributed by atoms with Crippen LogP contribution in [0.15, 0.2) is 35.2 Å². The highest BCUT2D eigenvalue weighted by Crippen LogP contribution is 2.55. The Morgan fingerprint density at radius 1 is 1.18 bits per heavy atom. The lowest BCUT2D eigenvalue weighted by Gasteiger charge is -2.39. The fourth-order valence-electron chi connectivity index (χ4n) is 4.65. The van der Waals surface area contributed by atoms with Crippen molar-refractivity contribution in [3.8, 4) is 5.75 Å². The number of amides is 1. The molecule has 2 aromatic carbocycles. The van der Waals surface area contributed by atoms with E-state index in [0.29, 0.717) is 37.3 Å². The van der Waals surface area contributed by atoms with E-state index >= 15 is 0 Å². The standard InChI is InChI=1S/C23H23FN2O6S/c1-12(27)26-9-14(10-26)18-8-15(24)3-6-20(18)33(29,30)25-19-5-4-16-17-7-13(17)11-32-22(16)21(19)23(28)31-2/h3-6,8,13-14,17,25H,7,9-11H2,1-2H3. The minimum absolute atomic E-state index is 0.0268. The zero-order chi connectivity index (χ0) is 23.5. The number of methoxy groups -OCH3 is 1. The number of carbonyl (C=O) groups is 2. The molecule has 2 unspecified atom stereocenters. The summed E-state index contributed by atoms with van der Waals surface area (Å²) in [6.45, 7) is 2.51. The lowest BCUT2D eigenvalue weighted by Crippen LogP contribution is -2.47. The lowest BCUT2D eigenvalue weighted by atomic mass is 9.91. The second-order valence-corrected chi connectivity index (χ2v) is 10.4. The highest BCUT2D eigenvalue weighted by atomic mass is 32.2. The van der Waals surface area contributed by atoms with Crippen molar-refractivity contribution in [3.63, 3.8) is 0 Å². The largest absolute Gasteiger partial charge is 0.492 e. The highest BCUT2D eigenvalue weighted by molar-refractivity contribution is 7.92. The molecule has 2 heterocycles. The number of sulfonamides is 1. The van der Waals surface area contributed by atoms with Gasteiger partial charge in [-0.15, -0.1) is 0 Å². The number of benzene rings is 2. The van der Waals surface area contributed by atoms with E-state index in [4.69, 9.17) is 9.47 Å². The summed E-state index contributed by atoms with van der Waals surface area (Å²) in [7, 11) is -2.98. The van der Waals surface area contributed by atoms with E-state index in [2.05, 4.69) is 4.72 Å². The molecule has 2 aromatic rings. The maximum Gasteiger partial charge on any atom is 0.343 e. The molecule has 1 saturated heterocycles. The van der Waals surface area contributed by atoms with Crippen molar-refractivity contribution in [2.24, 2.45) is 5.92 Å². The Balaban J connectivity index is 1.52. The molecule has 5 rings (SSSR count). The zero-order valence-corrected chi connectivity index (χ0v) is 18.9. The van der Waals surface area contributed by atoms with Crippen LogP contribution in [0, 0.1) is 11.7 Å². The molecule has 0 spiro atoms. The normalized spacial score (nSPS) is 21.2. The minimum atomic E-state index is -4.20. The molecule has 1 saturated carbocycles. The number of fused-ring (bicyclic) bond motifs is 3. The van der Waals surface area contributed by atoms with E-state index in [1.165, 1.54) is 32.2 Å². The van der Waals surface area contributed by atoms with Crippen LogP contribution in [-0.2, 0) is 19.6 Å². The van der Waals surface area contributed by atoms with Gasteiger partial charge in [0.15, 0.2) is 0 Å². The number of carbonyl (C=O) groups excluding carboxylic acids is 2. The molecule has 1 aliphatic carbocycles. The second kappa shape index (κ2) is 7.72. The van der Waals surface area contributed by atoms with Crippen molar-refractivity contribution in [1.82, 2.24) is 4.90 Å². The van der Waals surface area contributed by atoms with Crippen molar-refractivity contribution in [2.75, 3.05) is 31.5 Å². The van der Waals surface area contributed by atoms with Crippen molar-refractivity contribution in [1.29, 1.82) is 0 Å². The molecule has 3 aliphatic rings. The van der Waals surface area contributed by atoms with E-state index in [-0.39, 0.29) is 33.5 Å². The van der Waals surface area contributed by atoms with Gasteiger partial charge in [-0.2, -0.15) is 0 Å².